The molecule has 1 aliphatic heterocycles. The van der Waals surface area contributed by atoms with Crippen molar-refractivity contribution < 1.29 is 9.90 Å². The molecular formula is C24H22N6O2. The van der Waals surface area contributed by atoms with Gasteiger partial charge >= 0.3 is 0 Å². The number of nitrogens with zero attached hydrogens (tertiary/aromatic N) is 4. The van der Waals surface area contributed by atoms with E-state index in [0.29, 0.717) is 16.9 Å². The van der Waals surface area contributed by atoms with Gasteiger partial charge in [0.2, 0.25) is 0 Å². The Morgan fingerprint density at radius 1 is 0.938 bits per heavy atom. The van der Waals surface area contributed by atoms with Crippen LogP contribution in [-0.4, -0.2) is 57.0 Å². The number of nitrogens with one attached hydrogen (secondary N) is 2. The molecule has 3 N–H and O–H groups in total. The minimum atomic E-state index is 0.0540. The molecule has 2 aromatic carbocycles. The minimum absolute atomic E-state index is 0.0540. The zero-order valence-corrected chi connectivity index (χ0v) is 17.3. The number of anilines is 2. The number of fused-ring (bicyclic) bond motifs is 1. The highest BCUT2D eigenvalue weighted by Crippen LogP contribution is 2.26. The second-order valence-corrected chi connectivity index (χ2v) is 7.58. The second kappa shape index (κ2) is 8.60. The summed E-state index contributed by atoms with van der Waals surface area (Å²) in [6.45, 7) is 3.11. The summed E-state index contributed by atoms with van der Waals surface area (Å²) in [5.41, 5.74) is 4.49. The Morgan fingerprint density at radius 3 is 2.44 bits per heavy atom. The molecule has 8 nitrogen and oxygen atoms in total. The van der Waals surface area contributed by atoms with E-state index in [1.54, 1.807) is 24.3 Å². The summed E-state index contributed by atoms with van der Waals surface area (Å²) >= 11 is 0. The number of pyridine rings is 1. The van der Waals surface area contributed by atoms with Gasteiger partial charge in [-0.3, -0.25) is 4.79 Å². The minimum Gasteiger partial charge on any atom is -0.508 e. The van der Waals surface area contributed by atoms with Crippen molar-refractivity contribution in [2.75, 3.05) is 31.5 Å². The Kier molecular flexibility index (Phi) is 5.35. The molecule has 0 unspecified atom stereocenters. The average Bonchev–Trinajstić information content (AvgIpc) is 2.85. The van der Waals surface area contributed by atoms with E-state index in [-0.39, 0.29) is 11.7 Å². The highest BCUT2D eigenvalue weighted by atomic mass is 16.3. The zero-order chi connectivity index (χ0) is 21.9. The number of carbonyl (C=O) groups excluding carboxylic acids is 1. The monoisotopic (exact) mass is 426 g/mol. The number of aromatic nitrogens is 3. The Morgan fingerprint density at radius 2 is 1.69 bits per heavy atom. The van der Waals surface area contributed by atoms with Gasteiger partial charge in [0, 0.05) is 43.0 Å². The van der Waals surface area contributed by atoms with Crippen molar-refractivity contribution in [3.8, 4) is 17.0 Å². The number of hydrogen-bond donors (Lipinski definition) is 3. The molecule has 0 bridgehead atoms. The highest BCUT2D eigenvalue weighted by Gasteiger charge is 2.18. The van der Waals surface area contributed by atoms with Crippen molar-refractivity contribution in [3.63, 3.8) is 0 Å². The van der Waals surface area contributed by atoms with Crippen LogP contribution in [0.2, 0.25) is 0 Å². The van der Waals surface area contributed by atoms with Crippen molar-refractivity contribution in [2.24, 2.45) is 0 Å². The molecule has 0 atom stereocenters. The molecule has 32 heavy (non-hydrogen) atoms. The van der Waals surface area contributed by atoms with Gasteiger partial charge in [0.25, 0.3) is 5.91 Å². The first kappa shape index (κ1) is 19.9. The maximum absolute atomic E-state index is 12.7. The number of benzene rings is 2. The fourth-order valence-corrected chi connectivity index (χ4v) is 3.71. The predicted molar refractivity (Wildman–Crippen MR) is 123 cm³/mol. The summed E-state index contributed by atoms with van der Waals surface area (Å²) in [6, 6.07) is 18.1. The van der Waals surface area contributed by atoms with E-state index in [9.17, 15) is 9.90 Å². The molecule has 0 saturated carbocycles. The van der Waals surface area contributed by atoms with Gasteiger partial charge in [-0.25, -0.2) is 15.0 Å². The molecule has 2 aromatic heterocycles. The standard InChI is InChI=1S/C24H22N6O2/c31-19-7-5-18(6-8-19)28-23-22-21(26-15-27-23)10-9-20(29-22)16-1-3-17(4-2-16)24(32)30-13-11-25-12-14-30/h1-10,15,25,31H,11-14H2,(H,26,27,28). The maximum Gasteiger partial charge on any atom is 0.253 e. The number of rotatable bonds is 4. The van der Waals surface area contributed by atoms with E-state index < -0.39 is 0 Å². The number of aromatic hydroxyl groups is 1. The van der Waals surface area contributed by atoms with Crippen LogP contribution in [-0.2, 0) is 0 Å². The number of piperazine rings is 1. The average molecular weight is 426 g/mol. The Balaban J connectivity index is 1.42. The number of hydrogen-bond acceptors (Lipinski definition) is 7. The fourth-order valence-electron chi connectivity index (χ4n) is 3.71. The summed E-state index contributed by atoms with van der Waals surface area (Å²) < 4.78 is 0. The molecule has 1 fully saturated rings. The summed E-state index contributed by atoms with van der Waals surface area (Å²) in [4.78, 5) is 28.0. The maximum atomic E-state index is 12.7. The lowest BCUT2D eigenvalue weighted by Gasteiger charge is -2.27. The van der Waals surface area contributed by atoms with E-state index in [0.717, 1.165) is 48.6 Å². The Labute approximate surface area is 185 Å². The van der Waals surface area contributed by atoms with E-state index in [2.05, 4.69) is 20.6 Å². The molecule has 4 aromatic rings. The van der Waals surface area contributed by atoms with Crippen molar-refractivity contribution in [1.82, 2.24) is 25.2 Å². The number of amides is 1. The fraction of sp³-hybridized carbons (Fsp3) is 0.167. The van der Waals surface area contributed by atoms with Gasteiger partial charge < -0.3 is 20.6 Å². The van der Waals surface area contributed by atoms with Crippen LogP contribution in [0, 0.1) is 0 Å². The Bertz CT molecular complexity index is 1250. The number of carbonyl (C=O) groups is 1. The van der Waals surface area contributed by atoms with Crippen molar-refractivity contribution in [2.45, 2.75) is 0 Å². The van der Waals surface area contributed by atoms with Crippen molar-refractivity contribution in [3.05, 3.63) is 72.6 Å². The van der Waals surface area contributed by atoms with Crippen LogP contribution in [0.4, 0.5) is 11.5 Å². The normalized spacial score (nSPS) is 13.8. The van der Waals surface area contributed by atoms with Crippen LogP contribution >= 0.6 is 0 Å². The summed E-state index contributed by atoms with van der Waals surface area (Å²) in [5.74, 6) is 0.828. The number of phenolic OH excluding ortho intramolecular Hbond substituents is 1. The van der Waals surface area contributed by atoms with E-state index in [1.807, 2.05) is 41.3 Å². The molecule has 0 aliphatic carbocycles. The quantitative estimate of drug-likeness (QED) is 0.431. The van der Waals surface area contributed by atoms with Crippen LogP contribution in [0.25, 0.3) is 22.3 Å². The molecule has 3 heterocycles. The van der Waals surface area contributed by atoms with E-state index in [1.165, 1.54) is 6.33 Å². The first-order valence-corrected chi connectivity index (χ1v) is 10.5. The van der Waals surface area contributed by atoms with Crippen LogP contribution in [0.3, 0.4) is 0 Å². The lowest BCUT2D eigenvalue weighted by molar-refractivity contribution is 0.0736. The topological polar surface area (TPSA) is 103 Å². The Hall–Kier alpha value is -4.04. The predicted octanol–water partition coefficient (Wildman–Crippen LogP) is 3.19. The van der Waals surface area contributed by atoms with Gasteiger partial charge in [-0.2, -0.15) is 0 Å². The van der Waals surface area contributed by atoms with E-state index >= 15 is 0 Å². The lowest BCUT2D eigenvalue weighted by atomic mass is 10.1. The molecule has 8 heteroatoms. The first-order chi connectivity index (χ1) is 15.7. The third-order valence-electron chi connectivity index (χ3n) is 5.44. The molecule has 1 aliphatic rings. The first-order valence-electron chi connectivity index (χ1n) is 10.5. The van der Waals surface area contributed by atoms with Crippen LogP contribution in [0.15, 0.2) is 67.0 Å². The molecule has 0 spiro atoms. The molecule has 1 amide bonds. The molecule has 0 radical (unpaired) electrons. The number of phenols is 1. The van der Waals surface area contributed by atoms with Crippen LogP contribution < -0.4 is 10.6 Å². The summed E-state index contributed by atoms with van der Waals surface area (Å²) in [7, 11) is 0. The lowest BCUT2D eigenvalue weighted by Crippen LogP contribution is -2.46. The van der Waals surface area contributed by atoms with Gasteiger partial charge in [0.05, 0.1) is 11.2 Å². The molecule has 1 saturated heterocycles. The summed E-state index contributed by atoms with van der Waals surface area (Å²) in [6.07, 6.45) is 1.49. The van der Waals surface area contributed by atoms with Gasteiger partial charge in [-0.05, 0) is 48.5 Å². The van der Waals surface area contributed by atoms with Crippen LogP contribution in [0.5, 0.6) is 5.75 Å². The summed E-state index contributed by atoms with van der Waals surface area (Å²) in [5, 5.41) is 16.0. The SMILES string of the molecule is O=C(c1ccc(-c2ccc3ncnc(Nc4ccc(O)cc4)c3n2)cc1)N1CCNCC1. The van der Waals surface area contributed by atoms with Gasteiger partial charge in [0.1, 0.15) is 17.6 Å². The van der Waals surface area contributed by atoms with Crippen molar-refractivity contribution >= 4 is 28.4 Å². The van der Waals surface area contributed by atoms with Crippen molar-refractivity contribution in [1.29, 1.82) is 0 Å². The van der Waals surface area contributed by atoms with Gasteiger partial charge in [0.15, 0.2) is 5.82 Å². The zero-order valence-electron chi connectivity index (χ0n) is 17.3. The van der Waals surface area contributed by atoms with E-state index in [4.69, 9.17) is 4.98 Å². The third-order valence-corrected chi connectivity index (χ3v) is 5.44. The van der Waals surface area contributed by atoms with Gasteiger partial charge in [-0.1, -0.05) is 12.1 Å². The largest absolute Gasteiger partial charge is 0.508 e. The van der Waals surface area contributed by atoms with Gasteiger partial charge in [-0.15, -0.1) is 0 Å². The molecule has 160 valence electrons. The molecule has 5 rings (SSSR count). The highest BCUT2D eigenvalue weighted by molar-refractivity contribution is 5.95. The smallest absolute Gasteiger partial charge is 0.253 e. The second-order valence-electron chi connectivity index (χ2n) is 7.58. The van der Waals surface area contributed by atoms with Crippen LogP contribution in [0.1, 0.15) is 10.4 Å². The third kappa shape index (κ3) is 4.08. The molecular weight excluding hydrogens is 404 g/mol.